The van der Waals surface area contributed by atoms with E-state index in [4.69, 9.17) is 0 Å². The van der Waals surface area contributed by atoms with Crippen LogP contribution in [0.15, 0.2) is 0 Å². The standard InChI is InChI=1S/C8H4F12O/c9-4(10)3(6(12,13)14,7(15,16)17)1-2-21-5(4,11)8(18,19)20/h1-2H2. The minimum atomic E-state index is -6.97. The highest BCUT2D eigenvalue weighted by Gasteiger charge is 2.93. The summed E-state index contributed by atoms with van der Waals surface area (Å²) in [6.07, 6.45) is -23.2. The number of hydrogen-bond acceptors (Lipinski definition) is 1. The largest absolute Gasteiger partial charge is 0.455 e. The Balaban J connectivity index is 3.69. The van der Waals surface area contributed by atoms with Gasteiger partial charge in [-0.3, -0.25) is 0 Å². The van der Waals surface area contributed by atoms with E-state index in [0.29, 0.717) is 0 Å². The van der Waals surface area contributed by atoms with Crippen molar-refractivity contribution in [3.63, 3.8) is 0 Å². The van der Waals surface area contributed by atoms with Gasteiger partial charge in [-0.25, -0.2) is 0 Å². The molecule has 1 unspecified atom stereocenters. The summed E-state index contributed by atoms with van der Waals surface area (Å²) in [6, 6.07) is 0. The fourth-order valence-electron chi connectivity index (χ4n) is 1.93. The van der Waals surface area contributed by atoms with Crippen molar-refractivity contribution in [1.82, 2.24) is 0 Å². The van der Waals surface area contributed by atoms with Crippen molar-refractivity contribution < 1.29 is 57.4 Å². The Bertz CT molecular complexity index is 389. The van der Waals surface area contributed by atoms with Crippen molar-refractivity contribution in [2.24, 2.45) is 5.41 Å². The zero-order chi connectivity index (χ0) is 17.1. The summed E-state index contributed by atoms with van der Waals surface area (Å²) in [5.41, 5.74) is -6.21. The highest BCUT2D eigenvalue weighted by molar-refractivity contribution is 5.13. The lowest BCUT2D eigenvalue weighted by Crippen LogP contribution is -2.75. The third-order valence-electron chi connectivity index (χ3n) is 3.05. The van der Waals surface area contributed by atoms with Gasteiger partial charge in [-0.2, -0.15) is 52.7 Å². The van der Waals surface area contributed by atoms with Gasteiger partial charge in [0.05, 0.1) is 6.61 Å². The number of ether oxygens (including phenoxy) is 1. The molecular weight excluding hydrogens is 340 g/mol. The maximum absolute atomic E-state index is 13.4. The van der Waals surface area contributed by atoms with Crippen molar-refractivity contribution in [2.75, 3.05) is 6.61 Å². The quantitative estimate of drug-likeness (QED) is 0.593. The zero-order valence-electron chi connectivity index (χ0n) is 9.36. The second-order valence-corrected chi connectivity index (χ2v) is 4.17. The van der Waals surface area contributed by atoms with E-state index < -0.39 is 48.7 Å². The molecule has 0 N–H and O–H groups in total. The maximum atomic E-state index is 13.4. The van der Waals surface area contributed by atoms with Crippen LogP contribution in [0.1, 0.15) is 6.42 Å². The molecular formula is C8H4F12O. The van der Waals surface area contributed by atoms with E-state index in [1.165, 1.54) is 0 Å². The zero-order valence-corrected chi connectivity index (χ0v) is 9.36. The molecule has 0 radical (unpaired) electrons. The average molecular weight is 344 g/mol. The van der Waals surface area contributed by atoms with Crippen molar-refractivity contribution in [3.05, 3.63) is 0 Å². The summed E-state index contributed by atoms with van der Waals surface area (Å²) in [5, 5.41) is 0. The second kappa shape index (κ2) is 4.32. The van der Waals surface area contributed by atoms with E-state index >= 15 is 0 Å². The molecule has 0 saturated carbocycles. The van der Waals surface area contributed by atoms with Gasteiger partial charge in [0.25, 0.3) is 0 Å². The molecule has 0 aromatic carbocycles. The highest BCUT2D eigenvalue weighted by Crippen LogP contribution is 2.68. The molecule has 1 aliphatic heterocycles. The third kappa shape index (κ3) is 2.06. The summed E-state index contributed by atoms with van der Waals surface area (Å²) in [7, 11) is 0. The summed E-state index contributed by atoms with van der Waals surface area (Å²) >= 11 is 0. The summed E-state index contributed by atoms with van der Waals surface area (Å²) in [6.45, 7) is -2.15. The van der Waals surface area contributed by atoms with Crippen molar-refractivity contribution in [3.8, 4) is 0 Å². The molecule has 1 saturated heterocycles. The topological polar surface area (TPSA) is 9.23 Å². The van der Waals surface area contributed by atoms with Gasteiger partial charge < -0.3 is 4.74 Å². The van der Waals surface area contributed by atoms with E-state index in [0.717, 1.165) is 0 Å². The van der Waals surface area contributed by atoms with Gasteiger partial charge in [-0.1, -0.05) is 0 Å². The van der Waals surface area contributed by atoms with Gasteiger partial charge in [0, 0.05) is 6.42 Å². The molecule has 0 amide bonds. The van der Waals surface area contributed by atoms with E-state index in [-0.39, 0.29) is 0 Å². The number of hydrogen-bond donors (Lipinski definition) is 0. The molecule has 126 valence electrons. The molecule has 1 heterocycles. The summed E-state index contributed by atoms with van der Waals surface area (Å²) in [4.78, 5) is 0. The Morgan fingerprint density at radius 2 is 1.05 bits per heavy atom. The molecule has 1 nitrogen and oxygen atoms in total. The predicted molar refractivity (Wildman–Crippen MR) is 40.0 cm³/mol. The molecule has 1 rings (SSSR count). The molecule has 21 heavy (non-hydrogen) atoms. The van der Waals surface area contributed by atoms with Gasteiger partial charge in [-0.15, -0.1) is 0 Å². The fourth-order valence-corrected chi connectivity index (χ4v) is 1.93. The molecule has 1 atom stereocenters. The van der Waals surface area contributed by atoms with Crippen LogP contribution < -0.4 is 0 Å². The summed E-state index contributed by atoms with van der Waals surface area (Å²) in [5.74, 6) is -13.4. The van der Waals surface area contributed by atoms with Crippen LogP contribution >= 0.6 is 0 Å². The minimum Gasteiger partial charge on any atom is -0.334 e. The maximum Gasteiger partial charge on any atom is 0.455 e. The lowest BCUT2D eigenvalue weighted by atomic mass is 9.71. The molecule has 0 spiro atoms. The van der Waals surface area contributed by atoms with Crippen LogP contribution in [0, 0.1) is 5.41 Å². The normalized spacial score (nSPS) is 30.3. The Morgan fingerprint density at radius 3 is 1.33 bits per heavy atom. The van der Waals surface area contributed by atoms with Crippen LogP contribution in [0.25, 0.3) is 0 Å². The highest BCUT2D eigenvalue weighted by atomic mass is 19.4. The molecule has 1 aliphatic rings. The van der Waals surface area contributed by atoms with E-state index in [1.807, 2.05) is 0 Å². The van der Waals surface area contributed by atoms with Crippen LogP contribution in [0.4, 0.5) is 52.7 Å². The van der Waals surface area contributed by atoms with Gasteiger partial charge in [0.1, 0.15) is 0 Å². The molecule has 0 aromatic rings. The SMILES string of the molecule is FC(F)(F)C1(F)OCCC(C(F)(F)F)(C(F)(F)F)C1(F)F. The van der Waals surface area contributed by atoms with Crippen molar-refractivity contribution in [1.29, 1.82) is 0 Å². The van der Waals surface area contributed by atoms with Crippen LogP contribution in [-0.4, -0.2) is 36.9 Å². The first-order chi connectivity index (χ1) is 8.96. The number of alkyl halides is 12. The lowest BCUT2D eigenvalue weighted by molar-refractivity contribution is -0.502. The summed E-state index contributed by atoms with van der Waals surface area (Å²) < 4.78 is 155. The van der Waals surface area contributed by atoms with Gasteiger partial charge in [-0.05, 0) is 0 Å². The second-order valence-electron chi connectivity index (χ2n) is 4.17. The number of rotatable bonds is 0. The predicted octanol–water partition coefficient (Wildman–Crippen LogP) is 4.38. The van der Waals surface area contributed by atoms with Gasteiger partial charge in [0.15, 0.2) is 0 Å². The molecule has 0 aliphatic carbocycles. The average Bonchev–Trinajstić information content (AvgIpc) is 2.16. The Kier molecular flexibility index (Phi) is 3.74. The van der Waals surface area contributed by atoms with Crippen LogP contribution in [0.3, 0.4) is 0 Å². The Labute approximate surface area is 107 Å². The van der Waals surface area contributed by atoms with E-state index in [1.54, 1.807) is 0 Å². The van der Waals surface area contributed by atoms with Crippen LogP contribution in [0.2, 0.25) is 0 Å². The molecule has 13 heteroatoms. The minimum absolute atomic E-state index is 2.15. The Morgan fingerprint density at radius 1 is 0.667 bits per heavy atom. The first-order valence-corrected chi connectivity index (χ1v) is 4.86. The third-order valence-corrected chi connectivity index (χ3v) is 3.05. The smallest absolute Gasteiger partial charge is 0.334 e. The van der Waals surface area contributed by atoms with Crippen molar-refractivity contribution in [2.45, 2.75) is 36.7 Å². The van der Waals surface area contributed by atoms with E-state index in [2.05, 4.69) is 4.74 Å². The van der Waals surface area contributed by atoms with Crippen LogP contribution in [-0.2, 0) is 4.74 Å². The van der Waals surface area contributed by atoms with E-state index in [9.17, 15) is 52.7 Å². The number of halogens is 12. The van der Waals surface area contributed by atoms with Gasteiger partial charge in [0.2, 0.25) is 5.41 Å². The fraction of sp³-hybridized carbons (Fsp3) is 1.00. The van der Waals surface area contributed by atoms with Gasteiger partial charge >= 0.3 is 30.3 Å². The molecule has 1 fully saturated rings. The lowest BCUT2D eigenvalue weighted by Gasteiger charge is -2.50. The first kappa shape index (κ1) is 18.2. The first-order valence-electron chi connectivity index (χ1n) is 4.86. The van der Waals surface area contributed by atoms with Crippen molar-refractivity contribution >= 4 is 0 Å². The molecule has 0 aromatic heterocycles. The Hall–Kier alpha value is -0.880. The van der Waals surface area contributed by atoms with Crippen LogP contribution in [0.5, 0.6) is 0 Å². The molecule has 0 bridgehead atoms. The monoisotopic (exact) mass is 344 g/mol.